The van der Waals surface area contributed by atoms with E-state index in [1.807, 2.05) is 0 Å². The van der Waals surface area contributed by atoms with Gasteiger partial charge in [0.2, 0.25) is 5.88 Å². The molecule has 8 nitrogen and oxygen atoms in total. The summed E-state index contributed by atoms with van der Waals surface area (Å²) in [6.45, 7) is 1.65. The number of carboxylic acid groups (broad SMARTS) is 1. The molecule has 2 heterocycles. The summed E-state index contributed by atoms with van der Waals surface area (Å²) in [5, 5.41) is 19.7. The van der Waals surface area contributed by atoms with E-state index in [1.165, 1.54) is 0 Å². The van der Waals surface area contributed by atoms with Crippen LogP contribution in [0.1, 0.15) is 23.2 Å². The highest BCUT2D eigenvalue weighted by Crippen LogP contribution is 2.23. The number of aromatic carboxylic acids is 1. The zero-order valence-corrected chi connectivity index (χ0v) is 10.7. The Hall–Kier alpha value is -2.22. The van der Waals surface area contributed by atoms with Crippen LogP contribution in [0.4, 0.5) is 5.69 Å². The van der Waals surface area contributed by atoms with Crippen molar-refractivity contribution in [3.8, 4) is 5.88 Å². The van der Waals surface area contributed by atoms with Crippen LogP contribution in [0.2, 0.25) is 0 Å². The number of ether oxygens (including phenoxy) is 2. The summed E-state index contributed by atoms with van der Waals surface area (Å²) < 4.78 is 10.6. The van der Waals surface area contributed by atoms with Crippen molar-refractivity contribution in [2.45, 2.75) is 12.8 Å². The first-order valence-electron chi connectivity index (χ1n) is 6.16. The van der Waals surface area contributed by atoms with Crippen molar-refractivity contribution in [1.82, 2.24) is 4.98 Å². The molecule has 0 aromatic carbocycles. The molecule has 0 radical (unpaired) electrons. The fourth-order valence-corrected chi connectivity index (χ4v) is 1.92. The maximum absolute atomic E-state index is 11.1. The van der Waals surface area contributed by atoms with Crippen molar-refractivity contribution in [3.63, 3.8) is 0 Å². The number of aromatic nitrogens is 1. The van der Waals surface area contributed by atoms with Crippen molar-refractivity contribution in [2.24, 2.45) is 5.92 Å². The van der Waals surface area contributed by atoms with Gasteiger partial charge in [0.05, 0.1) is 11.5 Å². The quantitative estimate of drug-likeness (QED) is 0.643. The molecule has 1 aliphatic heterocycles. The Morgan fingerprint density at radius 2 is 2.25 bits per heavy atom. The van der Waals surface area contributed by atoms with E-state index in [-0.39, 0.29) is 23.0 Å². The number of carbonyl (C=O) groups is 1. The summed E-state index contributed by atoms with van der Waals surface area (Å²) in [4.78, 5) is 24.7. The molecule has 20 heavy (non-hydrogen) atoms. The molecule has 1 aromatic rings. The van der Waals surface area contributed by atoms with Crippen LogP contribution < -0.4 is 4.74 Å². The number of carboxylic acids is 1. The topological polar surface area (TPSA) is 112 Å². The van der Waals surface area contributed by atoms with E-state index in [4.69, 9.17) is 14.6 Å². The molecule has 0 unspecified atom stereocenters. The molecule has 1 fully saturated rings. The average Bonchev–Trinajstić information content (AvgIpc) is 2.45. The van der Waals surface area contributed by atoms with Gasteiger partial charge in [-0.2, -0.15) is 0 Å². The first-order valence-corrected chi connectivity index (χ1v) is 6.16. The van der Waals surface area contributed by atoms with Gasteiger partial charge in [-0.15, -0.1) is 0 Å². The van der Waals surface area contributed by atoms with Gasteiger partial charge >= 0.3 is 5.97 Å². The molecule has 1 N–H and O–H groups in total. The Kier molecular flexibility index (Phi) is 4.46. The summed E-state index contributed by atoms with van der Waals surface area (Å²) in [6.07, 6.45) is 2.68. The molecular formula is C12H14N2O6. The van der Waals surface area contributed by atoms with E-state index < -0.39 is 10.9 Å². The smallest absolute Gasteiger partial charge is 0.341 e. The number of nitro groups is 1. The van der Waals surface area contributed by atoms with Gasteiger partial charge in [-0.3, -0.25) is 10.1 Å². The molecule has 1 aromatic heterocycles. The Labute approximate surface area is 114 Å². The lowest BCUT2D eigenvalue weighted by atomic mass is 10.0. The number of nitrogens with zero attached hydrogens (tertiary/aromatic N) is 2. The van der Waals surface area contributed by atoms with Gasteiger partial charge < -0.3 is 14.6 Å². The zero-order valence-electron chi connectivity index (χ0n) is 10.7. The minimum absolute atomic E-state index is 0.0883. The average molecular weight is 282 g/mol. The van der Waals surface area contributed by atoms with Crippen LogP contribution in [0.5, 0.6) is 5.88 Å². The number of pyridine rings is 1. The van der Waals surface area contributed by atoms with Crippen LogP contribution in [0.25, 0.3) is 0 Å². The first-order chi connectivity index (χ1) is 9.58. The lowest BCUT2D eigenvalue weighted by Gasteiger charge is -2.22. The molecule has 8 heteroatoms. The van der Waals surface area contributed by atoms with Crippen LogP contribution >= 0.6 is 0 Å². The van der Waals surface area contributed by atoms with E-state index in [0.29, 0.717) is 19.8 Å². The fraction of sp³-hybridized carbons (Fsp3) is 0.500. The maximum Gasteiger partial charge on any atom is 0.341 e. The molecule has 1 saturated heterocycles. The van der Waals surface area contributed by atoms with Gasteiger partial charge in [0, 0.05) is 19.3 Å². The highest BCUT2D eigenvalue weighted by molar-refractivity contribution is 5.90. The molecule has 0 aliphatic carbocycles. The van der Waals surface area contributed by atoms with Crippen LogP contribution in [0.15, 0.2) is 12.3 Å². The lowest BCUT2D eigenvalue weighted by Crippen LogP contribution is -2.22. The molecule has 0 spiro atoms. The predicted molar refractivity (Wildman–Crippen MR) is 66.9 cm³/mol. The van der Waals surface area contributed by atoms with E-state index in [2.05, 4.69) is 4.98 Å². The SMILES string of the molecule is O=C(O)c1cc([N+](=O)[O-])cnc1OCC1CCOCC1. The van der Waals surface area contributed by atoms with E-state index >= 15 is 0 Å². The molecule has 108 valence electrons. The second-order valence-electron chi connectivity index (χ2n) is 4.48. The van der Waals surface area contributed by atoms with Crippen LogP contribution in [-0.2, 0) is 4.74 Å². The van der Waals surface area contributed by atoms with Gasteiger partial charge in [-0.1, -0.05) is 0 Å². The fourth-order valence-electron chi connectivity index (χ4n) is 1.92. The summed E-state index contributed by atoms with van der Waals surface area (Å²) in [7, 11) is 0. The molecule has 0 bridgehead atoms. The van der Waals surface area contributed by atoms with E-state index in [0.717, 1.165) is 25.1 Å². The summed E-state index contributed by atoms with van der Waals surface area (Å²) >= 11 is 0. The molecule has 0 atom stereocenters. The molecule has 2 rings (SSSR count). The molecule has 0 amide bonds. The summed E-state index contributed by atoms with van der Waals surface area (Å²) in [6, 6.07) is 0.953. The molecule has 1 aliphatic rings. The van der Waals surface area contributed by atoms with E-state index in [1.54, 1.807) is 0 Å². The summed E-state index contributed by atoms with van der Waals surface area (Å²) in [5.74, 6) is -1.11. The normalized spacial score (nSPS) is 15.8. The van der Waals surface area contributed by atoms with Gasteiger partial charge in [0.1, 0.15) is 11.8 Å². The predicted octanol–water partition coefficient (Wildman–Crippen LogP) is 1.49. The number of hydrogen-bond acceptors (Lipinski definition) is 6. The van der Waals surface area contributed by atoms with Crippen molar-refractivity contribution < 1.29 is 24.3 Å². The molecule has 0 saturated carbocycles. The van der Waals surface area contributed by atoms with Crippen molar-refractivity contribution >= 4 is 11.7 Å². The first kappa shape index (κ1) is 14.2. The third-order valence-electron chi connectivity index (χ3n) is 3.07. The van der Waals surface area contributed by atoms with Crippen LogP contribution in [-0.4, -0.2) is 40.8 Å². The minimum Gasteiger partial charge on any atom is -0.477 e. The van der Waals surface area contributed by atoms with Gasteiger partial charge in [0.15, 0.2) is 0 Å². The van der Waals surface area contributed by atoms with Gasteiger partial charge in [0.25, 0.3) is 5.69 Å². The Balaban J connectivity index is 2.09. The number of rotatable bonds is 5. The summed E-state index contributed by atoms with van der Waals surface area (Å²) in [5.41, 5.74) is -0.674. The van der Waals surface area contributed by atoms with Crippen molar-refractivity contribution in [2.75, 3.05) is 19.8 Å². The Morgan fingerprint density at radius 1 is 1.55 bits per heavy atom. The highest BCUT2D eigenvalue weighted by atomic mass is 16.6. The second kappa shape index (κ2) is 6.29. The largest absolute Gasteiger partial charge is 0.477 e. The van der Waals surface area contributed by atoms with E-state index in [9.17, 15) is 14.9 Å². The third-order valence-corrected chi connectivity index (χ3v) is 3.07. The van der Waals surface area contributed by atoms with Crippen LogP contribution in [0, 0.1) is 16.0 Å². The van der Waals surface area contributed by atoms with Crippen molar-refractivity contribution in [3.05, 3.63) is 27.9 Å². The zero-order chi connectivity index (χ0) is 14.5. The van der Waals surface area contributed by atoms with Gasteiger partial charge in [-0.25, -0.2) is 9.78 Å². The maximum atomic E-state index is 11.1. The monoisotopic (exact) mass is 282 g/mol. The highest BCUT2D eigenvalue weighted by Gasteiger charge is 2.21. The van der Waals surface area contributed by atoms with Crippen LogP contribution in [0.3, 0.4) is 0 Å². The number of hydrogen-bond donors (Lipinski definition) is 1. The Morgan fingerprint density at radius 3 is 2.85 bits per heavy atom. The molecular weight excluding hydrogens is 268 g/mol. The Bertz CT molecular complexity index is 513. The third kappa shape index (κ3) is 3.41. The minimum atomic E-state index is -1.30. The van der Waals surface area contributed by atoms with Gasteiger partial charge in [-0.05, 0) is 18.8 Å². The standard InChI is InChI=1S/C12H14N2O6/c15-12(16)10-5-9(14(17)18)6-13-11(10)20-7-8-1-3-19-4-2-8/h5-6,8H,1-4,7H2,(H,15,16). The lowest BCUT2D eigenvalue weighted by molar-refractivity contribution is -0.385. The van der Waals surface area contributed by atoms with Crippen molar-refractivity contribution in [1.29, 1.82) is 0 Å². The second-order valence-corrected chi connectivity index (χ2v) is 4.48.